The summed E-state index contributed by atoms with van der Waals surface area (Å²) < 4.78 is 0. The highest BCUT2D eigenvalue weighted by molar-refractivity contribution is 5.04. The van der Waals surface area contributed by atoms with Gasteiger partial charge in [-0.25, -0.2) is 0 Å². The Balaban J connectivity index is 3.01. The number of hydrogen-bond donors (Lipinski definition) is 0. The summed E-state index contributed by atoms with van der Waals surface area (Å²) in [6.07, 6.45) is 9.21. The van der Waals surface area contributed by atoms with Crippen LogP contribution in [-0.2, 0) is 0 Å². The van der Waals surface area contributed by atoms with Crippen LogP contribution in [0.25, 0.3) is 0 Å². The van der Waals surface area contributed by atoms with Crippen LogP contribution in [0.5, 0.6) is 0 Å². The van der Waals surface area contributed by atoms with Gasteiger partial charge in [0.2, 0.25) is 0 Å². The number of hydrogen-bond acceptors (Lipinski definition) is 1. The molecule has 0 aromatic heterocycles. The molecule has 0 aliphatic carbocycles. The molecule has 1 heteroatoms. The molecule has 0 saturated carbocycles. The Kier molecular flexibility index (Phi) is 10.2. The highest BCUT2D eigenvalue weighted by atomic mass is 14.2. The molecule has 0 fully saturated rings. The number of nitriles is 1. The van der Waals surface area contributed by atoms with Crippen molar-refractivity contribution in [3.63, 3.8) is 0 Å². The number of nitrogens with zero attached hydrogens (tertiary/aromatic N) is 1. The first-order valence-corrected chi connectivity index (χ1v) is 5.24. The second kappa shape index (κ2) is 11.1. The van der Waals surface area contributed by atoms with E-state index in [0.717, 1.165) is 6.42 Å². The minimum absolute atomic E-state index is 0.385. The summed E-state index contributed by atoms with van der Waals surface area (Å²) in [6, 6.07) is 2.01. The molecule has 0 bridgehead atoms. The summed E-state index contributed by atoms with van der Waals surface area (Å²) in [5.74, 6) is 5.83. The molecule has 0 aliphatic heterocycles. The lowest BCUT2D eigenvalue weighted by atomic mass is 10.1. The van der Waals surface area contributed by atoms with Gasteiger partial charge in [-0.05, 0) is 6.42 Å². The maximum absolute atomic E-state index is 8.21. The fourth-order valence-electron chi connectivity index (χ4n) is 1.18. The van der Waals surface area contributed by atoms with Crippen LogP contribution in [0.3, 0.4) is 0 Å². The van der Waals surface area contributed by atoms with E-state index in [1.54, 1.807) is 0 Å². The third-order valence-corrected chi connectivity index (χ3v) is 1.95. The molecule has 0 saturated heterocycles. The van der Waals surface area contributed by atoms with Crippen LogP contribution in [0.2, 0.25) is 0 Å². The topological polar surface area (TPSA) is 23.8 Å². The predicted octanol–water partition coefficient (Wildman–Crippen LogP) is 3.65. The van der Waals surface area contributed by atoms with Gasteiger partial charge in [0.1, 0.15) is 0 Å². The monoisotopic (exact) mass is 177 g/mol. The summed E-state index contributed by atoms with van der Waals surface area (Å²) in [5.41, 5.74) is 0. The number of unbranched alkanes of at least 4 members (excludes halogenated alkanes) is 6. The second-order valence-electron chi connectivity index (χ2n) is 3.21. The van der Waals surface area contributed by atoms with Gasteiger partial charge in [-0.15, -0.1) is 5.92 Å². The van der Waals surface area contributed by atoms with Crippen molar-refractivity contribution in [2.24, 2.45) is 0 Å². The van der Waals surface area contributed by atoms with Crippen molar-refractivity contribution in [3.8, 4) is 17.9 Å². The van der Waals surface area contributed by atoms with Crippen molar-refractivity contribution >= 4 is 0 Å². The minimum atomic E-state index is 0.385. The Morgan fingerprint density at radius 2 is 1.62 bits per heavy atom. The molecule has 0 aliphatic rings. The van der Waals surface area contributed by atoms with Crippen LogP contribution in [-0.4, -0.2) is 0 Å². The first kappa shape index (κ1) is 12.0. The largest absolute Gasteiger partial charge is 0.197 e. The van der Waals surface area contributed by atoms with Gasteiger partial charge in [0, 0.05) is 6.42 Å². The van der Waals surface area contributed by atoms with Crippen LogP contribution >= 0.6 is 0 Å². The van der Waals surface area contributed by atoms with Crippen molar-refractivity contribution in [2.45, 2.75) is 58.3 Å². The predicted molar refractivity (Wildman–Crippen MR) is 56.0 cm³/mol. The molecule has 0 heterocycles. The van der Waals surface area contributed by atoms with Crippen LogP contribution in [0.15, 0.2) is 0 Å². The van der Waals surface area contributed by atoms with Gasteiger partial charge in [0.25, 0.3) is 0 Å². The third-order valence-electron chi connectivity index (χ3n) is 1.95. The third kappa shape index (κ3) is 11.0. The average Bonchev–Trinajstić information content (AvgIpc) is 2.16. The molecule has 0 aromatic rings. The fourth-order valence-corrected chi connectivity index (χ4v) is 1.18. The van der Waals surface area contributed by atoms with E-state index in [-0.39, 0.29) is 0 Å². The van der Waals surface area contributed by atoms with Crippen LogP contribution < -0.4 is 0 Å². The summed E-state index contributed by atoms with van der Waals surface area (Å²) in [5, 5.41) is 8.21. The Morgan fingerprint density at radius 3 is 2.31 bits per heavy atom. The highest BCUT2D eigenvalue weighted by Crippen LogP contribution is 2.05. The molecule has 0 radical (unpaired) electrons. The Hall–Kier alpha value is -0.950. The maximum atomic E-state index is 8.21. The molecule has 1 nitrogen and oxygen atoms in total. The minimum Gasteiger partial charge on any atom is -0.197 e. The zero-order valence-corrected chi connectivity index (χ0v) is 8.60. The molecule has 0 spiro atoms. The average molecular weight is 177 g/mol. The van der Waals surface area contributed by atoms with Gasteiger partial charge < -0.3 is 0 Å². The standard InChI is InChI=1S/C12H19N/c1-2-3-4-5-6-7-8-9-10-11-12-13/h2-8,11H2,1H3. The highest BCUT2D eigenvalue weighted by Gasteiger charge is 1.87. The van der Waals surface area contributed by atoms with Crippen molar-refractivity contribution in [1.29, 1.82) is 5.26 Å². The van der Waals surface area contributed by atoms with Gasteiger partial charge in [-0.2, -0.15) is 5.26 Å². The van der Waals surface area contributed by atoms with Gasteiger partial charge in [0.15, 0.2) is 0 Å². The molecule has 13 heavy (non-hydrogen) atoms. The first-order valence-electron chi connectivity index (χ1n) is 5.24. The van der Waals surface area contributed by atoms with Crippen molar-refractivity contribution < 1.29 is 0 Å². The fraction of sp³-hybridized carbons (Fsp3) is 0.750. The lowest BCUT2D eigenvalue weighted by molar-refractivity contribution is 0.614. The number of rotatable bonds is 6. The molecular weight excluding hydrogens is 158 g/mol. The van der Waals surface area contributed by atoms with Crippen molar-refractivity contribution in [3.05, 3.63) is 0 Å². The lowest BCUT2D eigenvalue weighted by Crippen LogP contribution is -1.77. The molecule has 0 rings (SSSR count). The van der Waals surface area contributed by atoms with Crippen LogP contribution in [0.4, 0.5) is 0 Å². The molecule has 72 valence electrons. The van der Waals surface area contributed by atoms with E-state index >= 15 is 0 Å². The zero-order chi connectivity index (χ0) is 9.78. The molecule has 0 unspecified atom stereocenters. The maximum Gasteiger partial charge on any atom is 0.0962 e. The smallest absolute Gasteiger partial charge is 0.0962 e. The van der Waals surface area contributed by atoms with Gasteiger partial charge in [-0.1, -0.05) is 44.9 Å². The molecule has 0 N–H and O–H groups in total. The summed E-state index contributed by atoms with van der Waals surface area (Å²) in [6.45, 7) is 2.23. The van der Waals surface area contributed by atoms with E-state index in [4.69, 9.17) is 5.26 Å². The second-order valence-corrected chi connectivity index (χ2v) is 3.21. The van der Waals surface area contributed by atoms with Crippen LogP contribution in [0, 0.1) is 23.2 Å². The van der Waals surface area contributed by atoms with E-state index in [9.17, 15) is 0 Å². The molecule has 0 atom stereocenters. The summed E-state index contributed by atoms with van der Waals surface area (Å²) in [7, 11) is 0. The van der Waals surface area contributed by atoms with E-state index in [0.29, 0.717) is 6.42 Å². The first-order chi connectivity index (χ1) is 6.41. The van der Waals surface area contributed by atoms with Gasteiger partial charge in [-0.3, -0.25) is 0 Å². The molecule has 0 amide bonds. The van der Waals surface area contributed by atoms with E-state index in [1.165, 1.54) is 38.5 Å². The molecular formula is C12H19N. The van der Waals surface area contributed by atoms with E-state index in [2.05, 4.69) is 18.8 Å². The van der Waals surface area contributed by atoms with E-state index < -0.39 is 0 Å². The van der Waals surface area contributed by atoms with Crippen molar-refractivity contribution in [2.75, 3.05) is 0 Å². The Labute approximate surface area is 82.1 Å². The Bertz CT molecular complexity index is 189. The lowest BCUT2D eigenvalue weighted by Gasteiger charge is -1.96. The summed E-state index contributed by atoms with van der Waals surface area (Å²) >= 11 is 0. The van der Waals surface area contributed by atoms with Gasteiger partial charge >= 0.3 is 0 Å². The quantitative estimate of drug-likeness (QED) is 0.448. The van der Waals surface area contributed by atoms with Gasteiger partial charge in [0.05, 0.1) is 12.5 Å². The van der Waals surface area contributed by atoms with Crippen molar-refractivity contribution in [1.82, 2.24) is 0 Å². The summed E-state index contributed by atoms with van der Waals surface area (Å²) in [4.78, 5) is 0. The normalized spacial score (nSPS) is 8.62. The zero-order valence-electron chi connectivity index (χ0n) is 8.60. The van der Waals surface area contributed by atoms with Crippen LogP contribution in [0.1, 0.15) is 58.3 Å². The SMILES string of the molecule is CCCCCCCCC#CCC#N. The van der Waals surface area contributed by atoms with E-state index in [1.807, 2.05) is 6.07 Å². The molecule has 0 aromatic carbocycles. The Morgan fingerprint density at radius 1 is 0.923 bits per heavy atom.